The Kier molecular flexibility index (Phi) is 4.39. The van der Waals surface area contributed by atoms with Crippen molar-refractivity contribution in [2.45, 2.75) is 6.92 Å². The van der Waals surface area contributed by atoms with Crippen LogP contribution in [0.15, 0.2) is 18.2 Å². The number of hydrogen-bond donors (Lipinski definition) is 2. The summed E-state index contributed by atoms with van der Waals surface area (Å²) >= 11 is 0. The molecule has 1 fully saturated rings. The molecule has 0 aliphatic carbocycles. The van der Waals surface area contributed by atoms with E-state index in [4.69, 9.17) is 5.11 Å². The SMILES string of the molecule is Cc1ccc(NC(=O)N2CCS(=O)CC2)c(C(=O)O)c1. The first kappa shape index (κ1) is 14.5. The van der Waals surface area contributed by atoms with Gasteiger partial charge in [0.25, 0.3) is 0 Å². The topological polar surface area (TPSA) is 86.7 Å². The van der Waals surface area contributed by atoms with Crippen molar-refractivity contribution in [3.8, 4) is 0 Å². The third kappa shape index (κ3) is 3.36. The molecular weight excluding hydrogens is 280 g/mol. The molecule has 1 aliphatic heterocycles. The molecule has 108 valence electrons. The number of anilines is 1. The molecule has 1 heterocycles. The van der Waals surface area contributed by atoms with Crippen LogP contribution in [-0.4, -0.2) is 50.8 Å². The molecule has 6 nitrogen and oxygen atoms in total. The van der Waals surface area contributed by atoms with Gasteiger partial charge in [0.15, 0.2) is 0 Å². The van der Waals surface area contributed by atoms with E-state index in [1.807, 2.05) is 0 Å². The van der Waals surface area contributed by atoms with Crippen molar-refractivity contribution < 1.29 is 18.9 Å². The Morgan fingerprint density at radius 2 is 1.95 bits per heavy atom. The predicted molar refractivity (Wildman–Crippen MR) is 76.6 cm³/mol. The number of rotatable bonds is 2. The van der Waals surface area contributed by atoms with Gasteiger partial charge in [-0.1, -0.05) is 11.6 Å². The van der Waals surface area contributed by atoms with Crippen molar-refractivity contribution in [3.63, 3.8) is 0 Å². The van der Waals surface area contributed by atoms with Gasteiger partial charge in [-0.2, -0.15) is 0 Å². The minimum absolute atomic E-state index is 0.0685. The van der Waals surface area contributed by atoms with Crippen LogP contribution in [0.4, 0.5) is 10.5 Å². The lowest BCUT2D eigenvalue weighted by Crippen LogP contribution is -2.44. The molecule has 2 amide bonds. The van der Waals surface area contributed by atoms with Crippen molar-refractivity contribution in [2.75, 3.05) is 29.9 Å². The summed E-state index contributed by atoms with van der Waals surface area (Å²) in [6.07, 6.45) is 0. The van der Waals surface area contributed by atoms with E-state index in [1.165, 1.54) is 6.07 Å². The number of hydrogen-bond acceptors (Lipinski definition) is 3. The molecule has 1 aromatic rings. The first-order chi connectivity index (χ1) is 9.47. The Labute approximate surface area is 119 Å². The van der Waals surface area contributed by atoms with Gasteiger partial charge in [0.1, 0.15) is 0 Å². The Hall–Kier alpha value is -1.89. The van der Waals surface area contributed by atoms with Crippen LogP contribution in [0.2, 0.25) is 0 Å². The maximum atomic E-state index is 12.1. The first-order valence-corrected chi connectivity index (χ1v) is 7.71. The van der Waals surface area contributed by atoms with Gasteiger partial charge in [0.2, 0.25) is 0 Å². The van der Waals surface area contributed by atoms with Gasteiger partial charge >= 0.3 is 12.0 Å². The van der Waals surface area contributed by atoms with Crippen LogP contribution in [0, 0.1) is 6.92 Å². The number of aryl methyl sites for hydroxylation is 1. The maximum absolute atomic E-state index is 12.1. The van der Waals surface area contributed by atoms with E-state index in [0.717, 1.165) is 5.56 Å². The lowest BCUT2D eigenvalue weighted by atomic mass is 10.1. The molecule has 0 bridgehead atoms. The number of carboxylic acid groups (broad SMARTS) is 1. The first-order valence-electron chi connectivity index (χ1n) is 6.22. The zero-order chi connectivity index (χ0) is 14.7. The number of aromatic carboxylic acids is 1. The van der Waals surface area contributed by atoms with Crippen molar-refractivity contribution in [3.05, 3.63) is 29.3 Å². The quantitative estimate of drug-likeness (QED) is 0.861. The standard InChI is InChI=1S/C13H16N2O4S/c1-9-2-3-11(10(8-9)12(16)17)14-13(18)15-4-6-20(19)7-5-15/h2-3,8H,4-7H2,1H3,(H,14,18)(H,16,17). The summed E-state index contributed by atoms with van der Waals surface area (Å²) in [6, 6.07) is 4.49. The lowest BCUT2D eigenvalue weighted by Gasteiger charge is -2.26. The third-order valence-electron chi connectivity index (χ3n) is 3.11. The van der Waals surface area contributed by atoms with E-state index in [2.05, 4.69) is 5.32 Å². The van der Waals surface area contributed by atoms with E-state index in [9.17, 15) is 13.8 Å². The number of urea groups is 1. The van der Waals surface area contributed by atoms with Gasteiger partial charge in [0, 0.05) is 35.4 Å². The molecule has 20 heavy (non-hydrogen) atoms. The van der Waals surface area contributed by atoms with E-state index in [0.29, 0.717) is 24.6 Å². The fraction of sp³-hybridized carbons (Fsp3) is 0.385. The van der Waals surface area contributed by atoms with E-state index in [1.54, 1.807) is 24.0 Å². The summed E-state index contributed by atoms with van der Waals surface area (Å²) in [5, 5.41) is 11.8. The highest BCUT2D eigenvalue weighted by Crippen LogP contribution is 2.18. The minimum Gasteiger partial charge on any atom is -0.478 e. The van der Waals surface area contributed by atoms with Crippen molar-refractivity contribution in [2.24, 2.45) is 0 Å². The zero-order valence-corrected chi connectivity index (χ0v) is 11.9. The molecule has 0 radical (unpaired) electrons. The maximum Gasteiger partial charge on any atom is 0.337 e. The molecule has 1 aromatic carbocycles. The second kappa shape index (κ2) is 6.04. The molecule has 7 heteroatoms. The van der Waals surface area contributed by atoms with Crippen molar-refractivity contribution >= 4 is 28.5 Å². The van der Waals surface area contributed by atoms with Crippen molar-refractivity contribution in [1.82, 2.24) is 4.90 Å². The average Bonchev–Trinajstić information content (AvgIpc) is 2.41. The van der Waals surface area contributed by atoms with Crippen LogP contribution in [0.3, 0.4) is 0 Å². The molecule has 0 spiro atoms. The summed E-state index contributed by atoms with van der Waals surface area (Å²) in [5.41, 5.74) is 1.16. The van der Waals surface area contributed by atoms with Crippen LogP contribution >= 0.6 is 0 Å². The van der Waals surface area contributed by atoms with Crippen molar-refractivity contribution in [1.29, 1.82) is 0 Å². The second-order valence-electron chi connectivity index (χ2n) is 4.62. The Morgan fingerprint density at radius 1 is 1.30 bits per heavy atom. The van der Waals surface area contributed by atoms with E-state index in [-0.39, 0.29) is 17.3 Å². The van der Waals surface area contributed by atoms with E-state index >= 15 is 0 Å². The summed E-state index contributed by atoms with van der Waals surface area (Å²) < 4.78 is 11.2. The van der Waals surface area contributed by atoms with Crippen LogP contribution in [0.1, 0.15) is 15.9 Å². The summed E-state index contributed by atoms with van der Waals surface area (Å²) in [7, 11) is -0.855. The van der Waals surface area contributed by atoms with Gasteiger partial charge in [-0.3, -0.25) is 4.21 Å². The van der Waals surface area contributed by atoms with Crippen LogP contribution in [0.25, 0.3) is 0 Å². The fourth-order valence-corrected chi connectivity index (χ4v) is 3.03. The summed E-state index contributed by atoms with van der Waals surface area (Å²) in [6.45, 7) is 2.64. The average molecular weight is 296 g/mol. The lowest BCUT2D eigenvalue weighted by molar-refractivity contribution is 0.0698. The molecule has 2 N–H and O–H groups in total. The molecule has 0 saturated carbocycles. The number of nitrogens with zero attached hydrogens (tertiary/aromatic N) is 1. The summed E-state index contributed by atoms with van der Waals surface area (Å²) in [4.78, 5) is 24.8. The number of benzene rings is 1. The Morgan fingerprint density at radius 3 is 2.55 bits per heavy atom. The molecular formula is C13H16N2O4S. The minimum atomic E-state index is -1.08. The molecule has 0 aromatic heterocycles. The molecule has 2 rings (SSSR count). The zero-order valence-electron chi connectivity index (χ0n) is 11.1. The Bertz CT molecular complexity index is 563. The molecule has 1 saturated heterocycles. The number of carbonyl (C=O) groups excluding carboxylic acids is 1. The fourth-order valence-electron chi connectivity index (χ4n) is 1.98. The van der Waals surface area contributed by atoms with Gasteiger partial charge < -0.3 is 15.3 Å². The molecule has 1 aliphatic rings. The van der Waals surface area contributed by atoms with Crippen LogP contribution in [-0.2, 0) is 10.8 Å². The van der Waals surface area contributed by atoms with Gasteiger partial charge in [0.05, 0.1) is 11.3 Å². The van der Waals surface area contributed by atoms with Gasteiger partial charge in [-0.25, -0.2) is 9.59 Å². The molecule has 0 atom stereocenters. The van der Waals surface area contributed by atoms with Crippen LogP contribution < -0.4 is 5.32 Å². The highest BCUT2D eigenvalue weighted by atomic mass is 32.2. The summed E-state index contributed by atoms with van der Waals surface area (Å²) in [5.74, 6) is -0.149. The normalized spacial score (nSPS) is 15.9. The second-order valence-corrected chi connectivity index (χ2v) is 6.32. The number of carboxylic acids is 1. The Balaban J connectivity index is 2.11. The highest BCUT2D eigenvalue weighted by Gasteiger charge is 2.21. The molecule has 0 unspecified atom stereocenters. The van der Waals surface area contributed by atoms with Crippen LogP contribution in [0.5, 0.6) is 0 Å². The monoisotopic (exact) mass is 296 g/mol. The number of nitrogens with one attached hydrogen (secondary N) is 1. The smallest absolute Gasteiger partial charge is 0.337 e. The third-order valence-corrected chi connectivity index (χ3v) is 4.39. The predicted octanol–water partition coefficient (Wildman–Crippen LogP) is 1.29. The van der Waals surface area contributed by atoms with E-state index < -0.39 is 16.8 Å². The van der Waals surface area contributed by atoms with Gasteiger partial charge in [-0.05, 0) is 19.1 Å². The van der Waals surface area contributed by atoms with Gasteiger partial charge in [-0.15, -0.1) is 0 Å². The number of carbonyl (C=O) groups is 2. The largest absolute Gasteiger partial charge is 0.478 e. The highest BCUT2D eigenvalue weighted by molar-refractivity contribution is 7.85. The number of amides is 2.